The number of nitrogens with one attached hydrogen (secondary N) is 1. The van der Waals surface area contributed by atoms with Gasteiger partial charge in [-0.3, -0.25) is 4.79 Å². The Balaban J connectivity index is 1.80. The van der Waals surface area contributed by atoms with E-state index in [9.17, 15) is 9.18 Å². The number of rotatable bonds is 3. The largest absolute Gasteiger partial charge is 0.322 e. The molecule has 0 saturated heterocycles. The topological polar surface area (TPSA) is 54.9 Å². The van der Waals surface area contributed by atoms with Crippen LogP contribution in [0.2, 0.25) is 5.02 Å². The molecule has 0 fully saturated rings. The molecule has 0 aliphatic heterocycles. The minimum absolute atomic E-state index is 0.0739. The molecule has 3 rings (SSSR count). The van der Waals surface area contributed by atoms with Gasteiger partial charge < -0.3 is 5.32 Å². The molecule has 22 heavy (non-hydrogen) atoms. The maximum atomic E-state index is 13.7. The number of hydrogen-bond donors (Lipinski definition) is 1. The van der Waals surface area contributed by atoms with Gasteiger partial charge in [0.05, 0.1) is 21.7 Å². The fraction of sp³-hybridized carbons (Fsp3) is 0. The lowest BCUT2D eigenvalue weighted by molar-refractivity contribution is 0.102. The normalized spacial score (nSPS) is 10.5. The van der Waals surface area contributed by atoms with Gasteiger partial charge in [-0.15, -0.1) is 5.10 Å². The molecule has 7 heteroatoms. The van der Waals surface area contributed by atoms with Crippen LogP contribution >= 0.6 is 23.1 Å². The Morgan fingerprint density at radius 1 is 1.18 bits per heavy atom. The molecule has 0 spiro atoms. The number of hydrogen-bond acceptors (Lipinski definition) is 4. The Bertz CT molecular complexity index is 786. The lowest BCUT2D eigenvalue weighted by atomic mass is 10.1. The zero-order chi connectivity index (χ0) is 15.5. The highest BCUT2D eigenvalue weighted by Gasteiger charge is 2.15. The van der Waals surface area contributed by atoms with Gasteiger partial charge in [-0.2, -0.15) is 0 Å². The van der Waals surface area contributed by atoms with Crippen molar-refractivity contribution in [3.63, 3.8) is 0 Å². The first-order valence-electron chi connectivity index (χ1n) is 6.28. The third kappa shape index (κ3) is 2.98. The monoisotopic (exact) mass is 333 g/mol. The van der Waals surface area contributed by atoms with E-state index in [1.165, 1.54) is 29.7 Å². The second-order valence-corrected chi connectivity index (χ2v) is 5.60. The minimum atomic E-state index is -0.655. The smallest absolute Gasteiger partial charge is 0.260 e. The summed E-state index contributed by atoms with van der Waals surface area (Å²) in [5, 5.41) is 6.47. The van der Waals surface area contributed by atoms with Crippen LogP contribution < -0.4 is 5.32 Å². The van der Waals surface area contributed by atoms with Crippen molar-refractivity contribution < 1.29 is 9.18 Å². The molecule has 1 amide bonds. The first kappa shape index (κ1) is 14.6. The van der Waals surface area contributed by atoms with Crippen molar-refractivity contribution in [2.24, 2.45) is 0 Å². The van der Waals surface area contributed by atoms with Gasteiger partial charge in [0.25, 0.3) is 5.91 Å². The maximum absolute atomic E-state index is 13.7. The van der Waals surface area contributed by atoms with Crippen molar-refractivity contribution in [2.45, 2.75) is 0 Å². The van der Waals surface area contributed by atoms with Crippen molar-refractivity contribution in [1.29, 1.82) is 0 Å². The summed E-state index contributed by atoms with van der Waals surface area (Å²) in [5.74, 6) is -1.24. The summed E-state index contributed by atoms with van der Waals surface area (Å²) in [6, 6.07) is 11.2. The highest BCUT2D eigenvalue weighted by Crippen LogP contribution is 2.24. The fourth-order valence-electron chi connectivity index (χ4n) is 1.92. The number of amides is 1. The standard InChI is InChI=1S/C15H9ClFN3OS/c16-11-2-1-3-12(17)14(11)15(21)19-10-6-4-9(5-7-10)13-8-18-20-22-13/h1-8H,(H,19,21). The molecule has 2 aromatic carbocycles. The van der Waals surface area contributed by atoms with Crippen LogP contribution in [-0.4, -0.2) is 15.5 Å². The molecule has 0 radical (unpaired) electrons. The molecule has 0 saturated carbocycles. The number of carbonyl (C=O) groups is 1. The van der Waals surface area contributed by atoms with Gasteiger partial charge in [0.15, 0.2) is 0 Å². The van der Waals surface area contributed by atoms with Gasteiger partial charge in [0.2, 0.25) is 0 Å². The third-order valence-electron chi connectivity index (χ3n) is 2.98. The molecule has 1 heterocycles. The zero-order valence-electron chi connectivity index (χ0n) is 11.1. The molecule has 4 nitrogen and oxygen atoms in total. The second kappa shape index (κ2) is 6.21. The fourth-order valence-corrected chi connectivity index (χ4v) is 2.69. The highest BCUT2D eigenvalue weighted by atomic mass is 35.5. The molecule has 0 atom stereocenters. The van der Waals surface area contributed by atoms with Crippen LogP contribution in [-0.2, 0) is 0 Å². The minimum Gasteiger partial charge on any atom is -0.322 e. The van der Waals surface area contributed by atoms with Gasteiger partial charge in [0.1, 0.15) is 5.82 Å². The summed E-state index contributed by atoms with van der Waals surface area (Å²) in [5.41, 5.74) is 1.32. The first-order chi connectivity index (χ1) is 10.6. The van der Waals surface area contributed by atoms with E-state index in [1.54, 1.807) is 18.3 Å². The van der Waals surface area contributed by atoms with E-state index in [4.69, 9.17) is 11.6 Å². The van der Waals surface area contributed by atoms with Crippen molar-refractivity contribution in [1.82, 2.24) is 9.59 Å². The molecular formula is C15H9ClFN3OS. The predicted molar refractivity (Wildman–Crippen MR) is 84.7 cm³/mol. The van der Waals surface area contributed by atoms with E-state index >= 15 is 0 Å². The average molecular weight is 334 g/mol. The van der Waals surface area contributed by atoms with Crippen LogP contribution in [0.25, 0.3) is 10.4 Å². The van der Waals surface area contributed by atoms with Crippen molar-refractivity contribution in [2.75, 3.05) is 5.32 Å². The summed E-state index contributed by atoms with van der Waals surface area (Å²) in [4.78, 5) is 13.0. The number of anilines is 1. The van der Waals surface area contributed by atoms with Gasteiger partial charge in [-0.1, -0.05) is 34.3 Å². The number of carbonyl (C=O) groups excluding carboxylic acids is 1. The van der Waals surface area contributed by atoms with E-state index in [0.717, 1.165) is 10.4 Å². The summed E-state index contributed by atoms with van der Waals surface area (Å²) in [6.45, 7) is 0. The Morgan fingerprint density at radius 3 is 2.59 bits per heavy atom. The Morgan fingerprint density at radius 2 is 1.95 bits per heavy atom. The van der Waals surface area contributed by atoms with Gasteiger partial charge in [-0.05, 0) is 41.4 Å². The third-order valence-corrected chi connectivity index (χ3v) is 4.01. The van der Waals surface area contributed by atoms with E-state index in [-0.39, 0.29) is 10.6 Å². The lowest BCUT2D eigenvalue weighted by Crippen LogP contribution is -2.14. The van der Waals surface area contributed by atoms with Crippen LogP contribution in [0, 0.1) is 5.82 Å². The van der Waals surface area contributed by atoms with Crippen LogP contribution in [0.5, 0.6) is 0 Å². The summed E-state index contributed by atoms with van der Waals surface area (Å²) >= 11 is 7.15. The van der Waals surface area contributed by atoms with Gasteiger partial charge in [0, 0.05) is 5.69 Å². The van der Waals surface area contributed by atoms with Crippen molar-refractivity contribution in [3.05, 3.63) is 65.1 Å². The molecule has 110 valence electrons. The molecule has 3 aromatic rings. The Kier molecular flexibility index (Phi) is 4.13. The quantitative estimate of drug-likeness (QED) is 0.779. The van der Waals surface area contributed by atoms with Crippen LogP contribution in [0.1, 0.15) is 10.4 Å². The van der Waals surface area contributed by atoms with E-state index in [2.05, 4.69) is 14.9 Å². The van der Waals surface area contributed by atoms with Crippen molar-refractivity contribution >= 4 is 34.7 Å². The molecule has 0 aliphatic carbocycles. The maximum Gasteiger partial charge on any atom is 0.260 e. The van der Waals surface area contributed by atoms with Crippen LogP contribution in [0.4, 0.5) is 10.1 Å². The van der Waals surface area contributed by atoms with Gasteiger partial charge >= 0.3 is 0 Å². The molecular weight excluding hydrogens is 325 g/mol. The summed E-state index contributed by atoms with van der Waals surface area (Å²) < 4.78 is 17.5. The predicted octanol–water partition coefficient (Wildman–Crippen LogP) is 4.25. The van der Waals surface area contributed by atoms with Gasteiger partial charge in [-0.25, -0.2) is 4.39 Å². The Labute approximate surface area is 134 Å². The number of halogens is 2. The van der Waals surface area contributed by atoms with E-state index < -0.39 is 11.7 Å². The van der Waals surface area contributed by atoms with Crippen LogP contribution in [0.3, 0.4) is 0 Å². The average Bonchev–Trinajstić information content (AvgIpc) is 3.02. The molecule has 0 bridgehead atoms. The number of nitrogens with zero attached hydrogens (tertiary/aromatic N) is 2. The number of aromatic nitrogens is 2. The number of benzene rings is 2. The molecule has 0 unspecified atom stereocenters. The summed E-state index contributed by atoms with van der Waals surface area (Å²) in [6.07, 6.45) is 1.66. The zero-order valence-corrected chi connectivity index (χ0v) is 12.7. The Hall–Kier alpha value is -2.31. The lowest BCUT2D eigenvalue weighted by Gasteiger charge is -2.08. The molecule has 0 aliphatic rings. The van der Waals surface area contributed by atoms with E-state index in [0.29, 0.717) is 5.69 Å². The van der Waals surface area contributed by atoms with Crippen LogP contribution in [0.15, 0.2) is 48.7 Å². The van der Waals surface area contributed by atoms with Crippen molar-refractivity contribution in [3.8, 4) is 10.4 Å². The first-order valence-corrected chi connectivity index (χ1v) is 7.43. The highest BCUT2D eigenvalue weighted by molar-refractivity contribution is 7.09. The molecule has 1 aromatic heterocycles. The van der Waals surface area contributed by atoms with E-state index in [1.807, 2.05) is 12.1 Å². The molecule has 1 N–H and O–H groups in total. The summed E-state index contributed by atoms with van der Waals surface area (Å²) in [7, 11) is 0. The second-order valence-electron chi connectivity index (χ2n) is 4.41. The SMILES string of the molecule is O=C(Nc1ccc(-c2cnns2)cc1)c1c(F)cccc1Cl.